The second kappa shape index (κ2) is 24.3. The number of aliphatic hydroxyl groups excluding tert-OH is 15. The van der Waals surface area contributed by atoms with E-state index >= 15 is 0 Å². The minimum Gasteiger partial charge on any atom is -0.394 e. The molecule has 8 rings (SSSR count). The van der Waals surface area contributed by atoms with Gasteiger partial charge in [0.1, 0.15) is 97.7 Å². The van der Waals surface area contributed by atoms with Gasteiger partial charge in [0.25, 0.3) is 0 Å². The quantitative estimate of drug-likeness (QED) is 0.0615. The van der Waals surface area contributed by atoms with Gasteiger partial charge in [0.15, 0.2) is 25.2 Å². The van der Waals surface area contributed by atoms with E-state index in [0.29, 0.717) is 19.3 Å². The van der Waals surface area contributed by atoms with Crippen LogP contribution in [0.3, 0.4) is 0 Å². The van der Waals surface area contributed by atoms with Gasteiger partial charge in [-0.15, -0.1) is 0 Å². The fraction of sp³-hybridized carbons (Fsp3) is 0.964. The summed E-state index contributed by atoms with van der Waals surface area (Å²) in [5.41, 5.74) is -1.53. The third-order valence-electron chi connectivity index (χ3n) is 21.1. The molecule has 24 nitrogen and oxygen atoms in total. The van der Waals surface area contributed by atoms with E-state index in [0.717, 1.165) is 32.1 Å². The van der Waals surface area contributed by atoms with Crippen LogP contribution in [-0.2, 0) is 37.9 Å². The topological polar surface area (TPSA) is 398 Å². The summed E-state index contributed by atoms with van der Waals surface area (Å²) in [6, 6.07) is 0. The number of rotatable bonds is 18. The van der Waals surface area contributed by atoms with Crippen molar-refractivity contribution in [3.05, 3.63) is 11.6 Å². The van der Waals surface area contributed by atoms with Crippen molar-refractivity contribution >= 4 is 0 Å². The third kappa shape index (κ3) is 11.2. The molecule has 0 aromatic rings. The number of fused-ring (bicyclic) bond motifs is 5. The largest absolute Gasteiger partial charge is 0.394 e. The standard InChI is InChI=1S/C55H94O24/c1-9-55-17-16-24(53(55,7)18-33(60)54(8)26-12-14-32(59)51(3,4)25(26)11-13-31(54)55)23(2)10-15-34(52(5,6)71)77-50-46(40(66)37(63)30(76-50)22-72-47-42(68)38(64)35(61)27(19-56)73-47)79-49-44(70)41(67)45(29(21-58)75-49)78-48-43(69)39(65)36(62)28(20-57)74-48/h11,23-24,26-50,56-71H,9-10,12-22H2,1-8H3/t23-,24?,26?,27-,28+,29+,30-,31?,32+,33-,34-,35-,36+,37-,38+,39-,40+,41+,42-,43+,44+,45+,46-,47+,48+,49-,50+,53-,54+,55+/m1/s1. The first kappa shape index (κ1) is 63.8. The van der Waals surface area contributed by atoms with Gasteiger partial charge in [-0.25, -0.2) is 0 Å². The summed E-state index contributed by atoms with van der Waals surface area (Å²) in [6.45, 7) is 13.2. The van der Waals surface area contributed by atoms with Gasteiger partial charge in [0.2, 0.25) is 0 Å². The van der Waals surface area contributed by atoms with Crippen LogP contribution in [0.25, 0.3) is 0 Å². The smallest absolute Gasteiger partial charge is 0.187 e. The Morgan fingerprint density at radius 2 is 1.13 bits per heavy atom. The molecule has 458 valence electrons. The van der Waals surface area contributed by atoms with Crippen LogP contribution in [0.15, 0.2) is 11.6 Å². The molecule has 3 unspecified atom stereocenters. The molecule has 79 heavy (non-hydrogen) atoms. The summed E-state index contributed by atoms with van der Waals surface area (Å²) < 4.78 is 47.3. The molecule has 4 aliphatic heterocycles. The van der Waals surface area contributed by atoms with Crippen LogP contribution < -0.4 is 0 Å². The van der Waals surface area contributed by atoms with E-state index in [-0.39, 0.29) is 46.3 Å². The lowest BCUT2D eigenvalue weighted by Crippen LogP contribution is -2.67. The average Bonchev–Trinajstić information content (AvgIpc) is 2.81. The molecule has 16 N–H and O–H groups in total. The summed E-state index contributed by atoms with van der Waals surface area (Å²) in [5.74, 6) is 0.516. The summed E-state index contributed by atoms with van der Waals surface area (Å²) in [6.07, 6.45) is -28.9. The monoisotopic (exact) mass is 1140 g/mol. The molecule has 3 saturated carbocycles. The minimum absolute atomic E-state index is 0.0223. The van der Waals surface area contributed by atoms with Crippen LogP contribution in [0.2, 0.25) is 0 Å². The maximum atomic E-state index is 12.6. The molecule has 7 fully saturated rings. The normalized spacial score (nSPS) is 50.9. The summed E-state index contributed by atoms with van der Waals surface area (Å²) in [7, 11) is 0. The number of hydrogen-bond donors (Lipinski definition) is 16. The third-order valence-corrected chi connectivity index (χ3v) is 21.1. The second-order valence-corrected chi connectivity index (χ2v) is 26.0. The number of aliphatic hydroxyl groups is 16. The maximum Gasteiger partial charge on any atom is 0.187 e. The van der Waals surface area contributed by atoms with Gasteiger partial charge in [0.05, 0.1) is 50.3 Å². The van der Waals surface area contributed by atoms with E-state index in [4.69, 9.17) is 37.9 Å². The van der Waals surface area contributed by atoms with Gasteiger partial charge in [0, 0.05) is 10.8 Å². The Hall–Kier alpha value is -1.22. The van der Waals surface area contributed by atoms with E-state index in [1.165, 1.54) is 19.4 Å². The van der Waals surface area contributed by atoms with Crippen LogP contribution in [0, 0.1) is 45.3 Å². The number of ether oxygens (including phenoxy) is 8. The fourth-order valence-electron chi connectivity index (χ4n) is 16.1. The second-order valence-electron chi connectivity index (χ2n) is 26.0. The van der Waals surface area contributed by atoms with Gasteiger partial charge < -0.3 is 120 Å². The zero-order valence-electron chi connectivity index (χ0n) is 46.8. The molecule has 0 amide bonds. The summed E-state index contributed by atoms with van der Waals surface area (Å²) in [5, 5.41) is 175. The van der Waals surface area contributed by atoms with Crippen molar-refractivity contribution in [3.63, 3.8) is 0 Å². The molecule has 4 aliphatic carbocycles. The Morgan fingerprint density at radius 3 is 1.71 bits per heavy atom. The van der Waals surface area contributed by atoms with Crippen molar-refractivity contribution < 1.29 is 120 Å². The summed E-state index contributed by atoms with van der Waals surface area (Å²) >= 11 is 0. The van der Waals surface area contributed by atoms with Gasteiger partial charge in [-0.2, -0.15) is 0 Å². The molecular formula is C55H94O24. The molecule has 0 aromatic heterocycles. The number of hydrogen-bond acceptors (Lipinski definition) is 24. The Bertz CT molecular complexity index is 2040. The van der Waals surface area contributed by atoms with Crippen LogP contribution in [0.5, 0.6) is 0 Å². The first-order valence-corrected chi connectivity index (χ1v) is 28.6. The predicted molar refractivity (Wildman–Crippen MR) is 272 cm³/mol. The highest BCUT2D eigenvalue weighted by Gasteiger charge is 2.71. The average molecular weight is 1140 g/mol. The molecule has 0 radical (unpaired) electrons. The highest BCUT2D eigenvalue weighted by molar-refractivity contribution is 5.32. The van der Waals surface area contributed by atoms with Crippen molar-refractivity contribution in [3.8, 4) is 0 Å². The Balaban J connectivity index is 1.02. The van der Waals surface area contributed by atoms with Gasteiger partial charge in [-0.3, -0.25) is 0 Å². The zero-order chi connectivity index (χ0) is 58.2. The fourth-order valence-corrected chi connectivity index (χ4v) is 16.1. The minimum atomic E-state index is -2.09. The number of allylic oxidation sites excluding steroid dienone is 1. The van der Waals surface area contributed by atoms with E-state index < -0.39 is 179 Å². The molecule has 8 aliphatic rings. The molecule has 30 atom stereocenters. The molecule has 24 heteroatoms. The molecule has 0 bridgehead atoms. The Labute approximate surface area is 461 Å². The van der Waals surface area contributed by atoms with E-state index in [9.17, 15) is 81.7 Å². The van der Waals surface area contributed by atoms with Gasteiger partial charge >= 0.3 is 0 Å². The molecule has 0 aromatic carbocycles. The lowest BCUT2D eigenvalue weighted by molar-refractivity contribution is -0.391. The summed E-state index contributed by atoms with van der Waals surface area (Å²) in [4.78, 5) is 0. The van der Waals surface area contributed by atoms with E-state index in [2.05, 4.69) is 47.6 Å². The van der Waals surface area contributed by atoms with Crippen LogP contribution >= 0.6 is 0 Å². The first-order valence-electron chi connectivity index (χ1n) is 28.6. The highest BCUT2D eigenvalue weighted by atomic mass is 16.8. The van der Waals surface area contributed by atoms with Crippen LogP contribution in [0.4, 0.5) is 0 Å². The highest BCUT2D eigenvalue weighted by Crippen LogP contribution is 2.76. The van der Waals surface area contributed by atoms with Crippen molar-refractivity contribution in [1.29, 1.82) is 0 Å². The van der Waals surface area contributed by atoms with Crippen molar-refractivity contribution in [2.24, 2.45) is 45.3 Å². The predicted octanol–water partition coefficient (Wildman–Crippen LogP) is -2.84. The molecule has 4 heterocycles. The molecule has 4 saturated heterocycles. The van der Waals surface area contributed by atoms with Crippen LogP contribution in [-0.4, -0.2) is 255 Å². The first-order chi connectivity index (χ1) is 37.0. The van der Waals surface area contributed by atoms with Crippen molar-refractivity contribution in [2.45, 2.75) is 260 Å². The van der Waals surface area contributed by atoms with Crippen molar-refractivity contribution in [1.82, 2.24) is 0 Å². The molecular weight excluding hydrogens is 1040 g/mol. The lowest BCUT2D eigenvalue weighted by atomic mass is 9.37. The van der Waals surface area contributed by atoms with E-state index in [1.807, 2.05) is 0 Å². The Morgan fingerprint density at radius 1 is 0.608 bits per heavy atom. The lowest BCUT2D eigenvalue weighted by Gasteiger charge is -2.68. The van der Waals surface area contributed by atoms with Crippen molar-refractivity contribution in [2.75, 3.05) is 26.4 Å². The zero-order valence-corrected chi connectivity index (χ0v) is 46.8. The Kier molecular flexibility index (Phi) is 19.6. The van der Waals surface area contributed by atoms with E-state index in [1.54, 1.807) is 0 Å². The molecule has 0 spiro atoms. The van der Waals surface area contributed by atoms with Crippen LogP contribution in [0.1, 0.15) is 113 Å². The SMILES string of the molecule is CC[C@@]12CCC([C@H](C)CC[C@@H](O[C@@H]3O[C@H](CO[C@H]4O[C@H](CO)[C@@H](O)[C@H](O)[C@H]4O)[C@@H](O)[C@H](O)[C@H]3O[C@H]3O[C@@H](CO)[C@H](O[C@@H]4O[C@@H](CO)[C@H](O)[C@@H](O)[C@@H]4O)[C@@H](O)[C@@H]3O)C(C)(C)O)[C@@]1(C)C[C@@H](O)[C@@]1(C)C3CC[C@H](O)C(C)(C)C3=CCC12. The van der Waals surface area contributed by atoms with Gasteiger partial charge in [-0.1, -0.05) is 53.2 Å². The maximum absolute atomic E-state index is 12.6. The van der Waals surface area contributed by atoms with Gasteiger partial charge in [-0.05, 0) is 106 Å².